The first-order valence-electron chi connectivity index (χ1n) is 25.0. The largest absolute Gasteiger partial charge is 0.481 e. The zero-order valence-corrected chi connectivity index (χ0v) is 43.4. The molecule has 0 spiro atoms. The quantitative estimate of drug-likeness (QED) is 0.0163. The third kappa shape index (κ3) is 30.6. The molecular weight excluding hydrogens is 985 g/mol. The van der Waals surface area contributed by atoms with Crippen LogP contribution in [0.2, 0.25) is 0 Å². The van der Waals surface area contributed by atoms with Crippen LogP contribution >= 0.6 is 0 Å². The summed E-state index contributed by atoms with van der Waals surface area (Å²) in [4.78, 5) is 156. The fraction of sp³-hybridized carbons (Fsp3) is 0.702. The van der Waals surface area contributed by atoms with Gasteiger partial charge in [-0.25, -0.2) is 0 Å². The Morgan fingerprint density at radius 1 is 0.467 bits per heavy atom. The minimum atomic E-state index is -1.59. The van der Waals surface area contributed by atoms with Gasteiger partial charge in [0.1, 0.15) is 11.8 Å². The van der Waals surface area contributed by atoms with Crippen molar-refractivity contribution in [2.45, 2.75) is 154 Å². The van der Waals surface area contributed by atoms with Crippen molar-refractivity contribution in [2.75, 3.05) is 32.8 Å². The summed E-state index contributed by atoms with van der Waals surface area (Å²) in [6.07, 6.45) is -2.12. The Hall–Kier alpha value is -7.10. The fourth-order valence-electron chi connectivity index (χ4n) is 7.73. The summed E-state index contributed by atoms with van der Waals surface area (Å²) in [7, 11) is 0. The van der Waals surface area contributed by atoms with Gasteiger partial charge in [0, 0.05) is 81.8 Å². The molecule has 28 heteroatoms. The highest BCUT2D eigenvalue weighted by Gasteiger charge is 2.35. The van der Waals surface area contributed by atoms with Crippen LogP contribution in [-0.4, -0.2) is 155 Å². The summed E-state index contributed by atoms with van der Waals surface area (Å²) < 4.78 is 0. The van der Waals surface area contributed by atoms with E-state index in [0.29, 0.717) is 19.3 Å². The van der Waals surface area contributed by atoms with Gasteiger partial charge in [0.15, 0.2) is 41.0 Å². The van der Waals surface area contributed by atoms with E-state index < -0.39 is 145 Å². The standard InChI is InChI=1S/C47H82N14O14/c1-4-35(64)33(24-40(70)71)60-41(72)26(2)20-36(65)34(25-62)61-44(75)30(12-8-18-56-46(51)52)23-37(66)31(13-9-19-57-47(53)54)58-43(74)29(10-5-6-16-48)22-38(67)32(14-15-39(68)69)59-42(73)28(21-27(3)63)11-7-17-55-45(49)50/h26,28-34,62H,4-25,48H2,1-3H3,(H,58,74)(H,59,73)(H,60,72)(H,61,75)(H,68,69)(H,70,71)(H4,49,50,55)(H4,51,52,56)(H4,53,54,57)/t26-,28-,29-,30-,31+,32+,33+,34+/m1/s1. The monoisotopic (exact) mass is 1070 g/mol. The van der Waals surface area contributed by atoms with Crippen LogP contribution in [0.5, 0.6) is 0 Å². The summed E-state index contributed by atoms with van der Waals surface area (Å²) in [6, 6.07) is -5.67. The first-order valence-corrected chi connectivity index (χ1v) is 25.0. The third-order valence-corrected chi connectivity index (χ3v) is 11.8. The lowest BCUT2D eigenvalue weighted by Gasteiger charge is -2.26. The van der Waals surface area contributed by atoms with Gasteiger partial charge in [-0.15, -0.1) is 0 Å². The highest BCUT2D eigenvalue weighted by Crippen LogP contribution is 2.21. The number of nitrogens with two attached hydrogens (primary N) is 7. The lowest BCUT2D eigenvalue weighted by Crippen LogP contribution is -2.49. The number of guanidine groups is 3. The Balaban J connectivity index is 6.84. The van der Waals surface area contributed by atoms with E-state index in [1.165, 1.54) is 20.8 Å². The molecule has 28 nitrogen and oxygen atoms in total. The number of aliphatic hydroxyl groups is 1. The van der Waals surface area contributed by atoms with Gasteiger partial charge in [0.2, 0.25) is 23.6 Å². The van der Waals surface area contributed by atoms with Gasteiger partial charge in [-0.2, -0.15) is 0 Å². The van der Waals surface area contributed by atoms with Crippen molar-refractivity contribution >= 4 is 82.4 Å². The maximum absolute atomic E-state index is 14.3. The number of Topliss-reactive ketones (excluding diaryl/α,β-unsaturated/α-hetero) is 5. The predicted molar refractivity (Wildman–Crippen MR) is 276 cm³/mol. The Labute approximate surface area is 436 Å². The summed E-state index contributed by atoms with van der Waals surface area (Å²) in [5.41, 5.74) is 38.5. The Kier molecular flexibility index (Phi) is 34.0. The lowest BCUT2D eigenvalue weighted by molar-refractivity contribution is -0.141. The van der Waals surface area contributed by atoms with Crippen molar-refractivity contribution < 1.29 is 68.1 Å². The number of amides is 4. The summed E-state index contributed by atoms with van der Waals surface area (Å²) in [6.45, 7) is 3.57. The SMILES string of the molecule is CCC(=O)[C@H](CC(=O)O)NC(=O)[C@H](C)CC(=O)[C@H](CO)NC(=O)[C@H](CCCN=C(N)N)CC(=O)[C@H](CCCN=C(N)N)NC(=O)[C@H](CCCCN)CC(=O)[C@H](CCC(=O)O)NC(=O)[C@H](CCCN=C(N)N)CC(C)=O. The molecule has 0 rings (SSSR count). The summed E-state index contributed by atoms with van der Waals surface area (Å²) in [5.74, 6) is -14.0. The highest BCUT2D eigenvalue weighted by molar-refractivity contribution is 5.98. The predicted octanol–water partition coefficient (Wildman–Crippen LogP) is -3.13. The molecule has 0 aromatic rings. The van der Waals surface area contributed by atoms with Crippen LogP contribution in [0, 0.1) is 23.7 Å². The number of rotatable bonds is 43. The molecule has 0 bridgehead atoms. The number of hydrogen-bond acceptors (Lipinski definition) is 16. The molecule has 0 fully saturated rings. The molecule has 0 aliphatic heterocycles. The molecule has 0 aliphatic carbocycles. The minimum Gasteiger partial charge on any atom is -0.481 e. The number of hydrogen-bond donors (Lipinski definition) is 14. The van der Waals surface area contributed by atoms with E-state index in [-0.39, 0.29) is 108 Å². The van der Waals surface area contributed by atoms with Gasteiger partial charge in [-0.1, -0.05) is 20.3 Å². The molecule has 0 heterocycles. The highest BCUT2D eigenvalue weighted by atomic mass is 16.4. The van der Waals surface area contributed by atoms with Crippen LogP contribution in [0.1, 0.15) is 130 Å². The first kappa shape index (κ1) is 67.9. The van der Waals surface area contributed by atoms with Crippen LogP contribution in [0.25, 0.3) is 0 Å². The molecule has 0 aliphatic rings. The molecule has 8 atom stereocenters. The molecule has 4 amide bonds. The van der Waals surface area contributed by atoms with E-state index in [4.69, 9.17) is 40.1 Å². The van der Waals surface area contributed by atoms with Gasteiger partial charge in [0.05, 0.1) is 31.2 Å². The van der Waals surface area contributed by atoms with Crippen LogP contribution < -0.4 is 61.4 Å². The minimum absolute atomic E-state index is 0.0125. The molecule has 0 radical (unpaired) electrons. The zero-order chi connectivity index (χ0) is 57.2. The molecule has 0 unspecified atom stereocenters. The zero-order valence-electron chi connectivity index (χ0n) is 43.4. The van der Waals surface area contributed by atoms with E-state index in [1.807, 2.05) is 0 Å². The average Bonchev–Trinajstić information content (AvgIpc) is 3.32. The molecule has 0 saturated heterocycles. The third-order valence-electron chi connectivity index (χ3n) is 11.8. The van der Waals surface area contributed by atoms with E-state index in [9.17, 15) is 68.1 Å². The van der Waals surface area contributed by atoms with E-state index in [2.05, 4.69) is 36.2 Å². The number of aliphatic imine (C=N–C) groups is 3. The molecule has 0 aromatic carbocycles. The number of ketones is 5. The molecule has 0 saturated carbocycles. The normalized spacial score (nSPS) is 14.1. The fourth-order valence-corrected chi connectivity index (χ4v) is 7.73. The molecule has 75 heavy (non-hydrogen) atoms. The summed E-state index contributed by atoms with van der Waals surface area (Å²) in [5, 5.41) is 39.0. The number of carboxylic acids is 2. The van der Waals surface area contributed by atoms with Crippen LogP contribution in [0.3, 0.4) is 0 Å². The van der Waals surface area contributed by atoms with Gasteiger partial charge < -0.3 is 81.5 Å². The first-order chi connectivity index (χ1) is 35.3. The van der Waals surface area contributed by atoms with Crippen molar-refractivity contribution in [1.29, 1.82) is 0 Å². The second-order valence-corrected chi connectivity index (χ2v) is 18.3. The second kappa shape index (κ2) is 37.6. The lowest BCUT2D eigenvalue weighted by atomic mass is 9.89. The van der Waals surface area contributed by atoms with Gasteiger partial charge in [-0.05, 0) is 71.3 Å². The van der Waals surface area contributed by atoms with Crippen molar-refractivity contribution in [3.63, 3.8) is 0 Å². The van der Waals surface area contributed by atoms with Crippen molar-refractivity contribution in [3.05, 3.63) is 0 Å². The van der Waals surface area contributed by atoms with E-state index in [0.717, 1.165) is 0 Å². The van der Waals surface area contributed by atoms with Gasteiger partial charge in [-0.3, -0.25) is 62.9 Å². The smallest absolute Gasteiger partial charge is 0.305 e. The number of unbranched alkanes of at least 4 members (excludes halogenated alkanes) is 1. The van der Waals surface area contributed by atoms with Crippen LogP contribution in [-0.2, 0) is 52.7 Å². The van der Waals surface area contributed by atoms with Crippen LogP contribution in [0.15, 0.2) is 15.0 Å². The topological polar surface area (TPSA) is 516 Å². The van der Waals surface area contributed by atoms with Crippen molar-refractivity contribution in [2.24, 2.45) is 78.8 Å². The summed E-state index contributed by atoms with van der Waals surface area (Å²) >= 11 is 0. The van der Waals surface area contributed by atoms with E-state index >= 15 is 0 Å². The van der Waals surface area contributed by atoms with E-state index in [1.54, 1.807) is 0 Å². The molecule has 21 N–H and O–H groups in total. The number of carbonyl (C=O) groups excluding carboxylic acids is 9. The number of carboxylic acid groups (broad SMARTS) is 2. The van der Waals surface area contributed by atoms with Gasteiger partial charge >= 0.3 is 11.9 Å². The maximum Gasteiger partial charge on any atom is 0.305 e. The number of aliphatic hydroxyl groups excluding tert-OH is 1. The van der Waals surface area contributed by atoms with Gasteiger partial charge in [0.25, 0.3) is 0 Å². The average molecular weight is 1070 g/mol. The van der Waals surface area contributed by atoms with Crippen molar-refractivity contribution in [3.8, 4) is 0 Å². The van der Waals surface area contributed by atoms with Crippen molar-refractivity contribution in [1.82, 2.24) is 21.3 Å². The number of nitrogens with zero attached hydrogens (tertiary/aromatic N) is 3. The Morgan fingerprint density at radius 3 is 1.27 bits per heavy atom. The maximum atomic E-state index is 14.3. The number of aliphatic carboxylic acids is 2. The molecule has 424 valence electrons. The Morgan fingerprint density at radius 2 is 0.867 bits per heavy atom. The molecule has 0 aromatic heterocycles. The number of nitrogens with one attached hydrogen (secondary N) is 4. The Bertz CT molecular complexity index is 2020. The van der Waals surface area contributed by atoms with Crippen LogP contribution in [0.4, 0.5) is 0 Å². The molecular formula is C47H82N14O14. The second-order valence-electron chi connectivity index (χ2n) is 18.3. The number of carbonyl (C=O) groups is 11.